The molecule has 1 heterocycles. The summed E-state index contributed by atoms with van der Waals surface area (Å²) in [7, 11) is 1.61. The van der Waals surface area contributed by atoms with Gasteiger partial charge in [-0.1, -0.05) is 11.6 Å². The lowest BCUT2D eigenvalue weighted by atomic mass is 10.2. The third kappa shape index (κ3) is 2.18. The standard InChI is InChI=1S/C12H13Cl2N3O/c1-7(12(18)15-2)17-10-4-3-8(14)5-9(10)16-11(17)6-13/h3-5,7H,6H2,1-2H3,(H,15,18). The molecular weight excluding hydrogens is 273 g/mol. The molecule has 1 atom stereocenters. The van der Waals surface area contributed by atoms with Crippen molar-refractivity contribution in [1.82, 2.24) is 14.9 Å². The van der Waals surface area contributed by atoms with Gasteiger partial charge in [0.2, 0.25) is 5.91 Å². The van der Waals surface area contributed by atoms with E-state index in [0.717, 1.165) is 11.0 Å². The Hall–Kier alpha value is -1.26. The number of carbonyl (C=O) groups excluding carboxylic acids is 1. The summed E-state index contributed by atoms with van der Waals surface area (Å²) < 4.78 is 1.83. The summed E-state index contributed by atoms with van der Waals surface area (Å²) in [5.41, 5.74) is 1.60. The molecule has 1 unspecified atom stereocenters. The average molecular weight is 286 g/mol. The first kappa shape index (κ1) is 13.2. The second-order valence-electron chi connectivity index (χ2n) is 3.95. The van der Waals surface area contributed by atoms with E-state index < -0.39 is 0 Å². The first-order chi connectivity index (χ1) is 8.58. The molecule has 0 aliphatic carbocycles. The van der Waals surface area contributed by atoms with E-state index in [1.807, 2.05) is 17.6 Å². The SMILES string of the molecule is CNC(=O)C(C)n1c(CCl)nc2cc(Cl)ccc21. The van der Waals surface area contributed by atoms with Crippen LogP contribution in [0.25, 0.3) is 11.0 Å². The van der Waals surface area contributed by atoms with Crippen LogP contribution in [0.1, 0.15) is 18.8 Å². The lowest BCUT2D eigenvalue weighted by Gasteiger charge is -2.15. The molecule has 4 nitrogen and oxygen atoms in total. The van der Waals surface area contributed by atoms with Gasteiger partial charge in [-0.25, -0.2) is 4.98 Å². The minimum atomic E-state index is -0.366. The minimum Gasteiger partial charge on any atom is -0.357 e. The average Bonchev–Trinajstić information content (AvgIpc) is 2.74. The quantitative estimate of drug-likeness (QED) is 0.882. The number of benzene rings is 1. The number of rotatable bonds is 3. The molecule has 18 heavy (non-hydrogen) atoms. The molecule has 0 bridgehead atoms. The number of likely N-dealkylation sites (N-methyl/N-ethyl adjacent to an activating group) is 1. The molecule has 0 aliphatic rings. The molecule has 0 radical (unpaired) electrons. The summed E-state index contributed by atoms with van der Waals surface area (Å²) in [4.78, 5) is 16.2. The van der Waals surface area contributed by atoms with Gasteiger partial charge in [-0.2, -0.15) is 0 Å². The van der Waals surface area contributed by atoms with Crippen LogP contribution >= 0.6 is 23.2 Å². The first-order valence-electron chi connectivity index (χ1n) is 5.52. The molecule has 0 saturated heterocycles. The third-order valence-electron chi connectivity index (χ3n) is 2.86. The number of halogens is 2. The second kappa shape index (κ2) is 5.16. The van der Waals surface area contributed by atoms with Crippen molar-refractivity contribution in [2.45, 2.75) is 18.8 Å². The van der Waals surface area contributed by atoms with Gasteiger partial charge in [0.25, 0.3) is 0 Å². The Morgan fingerprint density at radius 1 is 1.56 bits per heavy atom. The molecule has 1 amide bonds. The van der Waals surface area contributed by atoms with Crippen LogP contribution in [0.15, 0.2) is 18.2 Å². The number of nitrogens with one attached hydrogen (secondary N) is 1. The third-order valence-corrected chi connectivity index (χ3v) is 3.33. The Morgan fingerprint density at radius 3 is 2.89 bits per heavy atom. The number of fused-ring (bicyclic) bond motifs is 1. The zero-order chi connectivity index (χ0) is 13.3. The van der Waals surface area contributed by atoms with Crippen molar-refractivity contribution < 1.29 is 4.79 Å². The van der Waals surface area contributed by atoms with Crippen molar-refractivity contribution in [3.05, 3.63) is 29.0 Å². The molecule has 2 rings (SSSR count). The van der Waals surface area contributed by atoms with E-state index in [1.54, 1.807) is 19.2 Å². The van der Waals surface area contributed by atoms with Gasteiger partial charge in [0, 0.05) is 12.1 Å². The van der Waals surface area contributed by atoms with Crippen molar-refractivity contribution >= 4 is 40.1 Å². The van der Waals surface area contributed by atoms with Gasteiger partial charge in [0.1, 0.15) is 11.9 Å². The number of nitrogens with zero attached hydrogens (tertiary/aromatic N) is 2. The van der Waals surface area contributed by atoms with E-state index in [4.69, 9.17) is 23.2 Å². The number of aromatic nitrogens is 2. The molecule has 0 spiro atoms. The molecule has 96 valence electrons. The van der Waals surface area contributed by atoms with E-state index >= 15 is 0 Å². The Bertz CT molecular complexity index is 594. The van der Waals surface area contributed by atoms with Crippen LogP contribution in [0.4, 0.5) is 0 Å². The van der Waals surface area contributed by atoms with Gasteiger partial charge in [0.05, 0.1) is 16.9 Å². The van der Waals surface area contributed by atoms with Gasteiger partial charge in [-0.3, -0.25) is 4.79 Å². The fourth-order valence-corrected chi connectivity index (χ4v) is 2.33. The zero-order valence-corrected chi connectivity index (χ0v) is 11.6. The number of carbonyl (C=O) groups is 1. The first-order valence-corrected chi connectivity index (χ1v) is 6.43. The Morgan fingerprint density at radius 2 is 2.28 bits per heavy atom. The Labute approximate surface area is 115 Å². The summed E-state index contributed by atoms with van der Waals surface area (Å²) in [5.74, 6) is 0.814. The fourth-order valence-electron chi connectivity index (χ4n) is 1.97. The van der Waals surface area contributed by atoms with Crippen LogP contribution < -0.4 is 5.32 Å². The topological polar surface area (TPSA) is 46.9 Å². The highest BCUT2D eigenvalue weighted by atomic mass is 35.5. The van der Waals surface area contributed by atoms with Gasteiger partial charge in [-0.15, -0.1) is 11.6 Å². The molecule has 6 heteroatoms. The predicted molar refractivity (Wildman–Crippen MR) is 73.1 cm³/mol. The van der Waals surface area contributed by atoms with E-state index in [0.29, 0.717) is 10.8 Å². The van der Waals surface area contributed by atoms with E-state index in [1.165, 1.54) is 0 Å². The normalized spacial score (nSPS) is 12.7. The highest BCUT2D eigenvalue weighted by Gasteiger charge is 2.20. The van der Waals surface area contributed by atoms with Crippen LogP contribution in [-0.4, -0.2) is 22.5 Å². The minimum absolute atomic E-state index is 0.0874. The maximum absolute atomic E-state index is 11.8. The highest BCUT2D eigenvalue weighted by Crippen LogP contribution is 2.25. The number of hydrogen-bond acceptors (Lipinski definition) is 2. The maximum atomic E-state index is 11.8. The summed E-state index contributed by atoms with van der Waals surface area (Å²) >= 11 is 11.8. The monoisotopic (exact) mass is 285 g/mol. The van der Waals surface area contributed by atoms with Crippen molar-refractivity contribution in [3.63, 3.8) is 0 Å². The predicted octanol–water partition coefficient (Wildman–Crippen LogP) is 2.74. The number of imidazole rings is 1. The zero-order valence-electron chi connectivity index (χ0n) is 10.1. The summed E-state index contributed by atoms with van der Waals surface area (Å²) in [6, 6.07) is 5.02. The van der Waals surface area contributed by atoms with Crippen molar-refractivity contribution in [2.75, 3.05) is 7.05 Å². The van der Waals surface area contributed by atoms with E-state index in [9.17, 15) is 4.79 Å². The summed E-state index contributed by atoms with van der Waals surface area (Å²) in [5, 5.41) is 3.24. The Balaban J connectivity index is 2.63. The van der Waals surface area contributed by atoms with Gasteiger partial charge >= 0.3 is 0 Å². The number of hydrogen-bond donors (Lipinski definition) is 1. The van der Waals surface area contributed by atoms with Crippen LogP contribution in [0.5, 0.6) is 0 Å². The number of alkyl halides is 1. The molecule has 1 aromatic heterocycles. The van der Waals surface area contributed by atoms with Gasteiger partial charge in [-0.05, 0) is 25.1 Å². The maximum Gasteiger partial charge on any atom is 0.242 e. The molecular formula is C12H13Cl2N3O. The smallest absolute Gasteiger partial charge is 0.242 e. The van der Waals surface area contributed by atoms with E-state index in [2.05, 4.69) is 10.3 Å². The highest BCUT2D eigenvalue weighted by molar-refractivity contribution is 6.31. The Kier molecular flexibility index (Phi) is 3.78. The lowest BCUT2D eigenvalue weighted by Crippen LogP contribution is -2.28. The van der Waals surface area contributed by atoms with Gasteiger partial charge < -0.3 is 9.88 Å². The summed E-state index contributed by atoms with van der Waals surface area (Å²) in [6.45, 7) is 1.81. The lowest BCUT2D eigenvalue weighted by molar-refractivity contribution is -0.123. The fraction of sp³-hybridized carbons (Fsp3) is 0.333. The van der Waals surface area contributed by atoms with Crippen molar-refractivity contribution in [3.8, 4) is 0 Å². The van der Waals surface area contributed by atoms with E-state index in [-0.39, 0.29) is 17.8 Å². The molecule has 1 N–H and O–H groups in total. The largest absolute Gasteiger partial charge is 0.357 e. The molecule has 0 aliphatic heterocycles. The van der Waals surface area contributed by atoms with Crippen molar-refractivity contribution in [1.29, 1.82) is 0 Å². The van der Waals surface area contributed by atoms with Gasteiger partial charge in [0.15, 0.2) is 0 Å². The van der Waals surface area contributed by atoms with Crippen LogP contribution in [0, 0.1) is 0 Å². The van der Waals surface area contributed by atoms with Crippen LogP contribution in [0.3, 0.4) is 0 Å². The summed E-state index contributed by atoms with van der Waals surface area (Å²) in [6.07, 6.45) is 0. The molecule has 0 fully saturated rings. The molecule has 0 saturated carbocycles. The van der Waals surface area contributed by atoms with Crippen LogP contribution in [-0.2, 0) is 10.7 Å². The van der Waals surface area contributed by atoms with Crippen LogP contribution in [0.2, 0.25) is 5.02 Å². The van der Waals surface area contributed by atoms with Crippen molar-refractivity contribution in [2.24, 2.45) is 0 Å². The number of amides is 1. The molecule has 1 aromatic carbocycles. The second-order valence-corrected chi connectivity index (χ2v) is 4.66. The molecule has 2 aromatic rings.